The fourth-order valence-electron chi connectivity index (χ4n) is 5.45. The third-order valence-electron chi connectivity index (χ3n) is 6.28. The zero-order valence-electron chi connectivity index (χ0n) is 12.8. The van der Waals surface area contributed by atoms with E-state index in [1.807, 2.05) is 12.1 Å². The van der Waals surface area contributed by atoms with E-state index in [-0.39, 0.29) is 23.2 Å². The zero-order valence-corrected chi connectivity index (χ0v) is 12.8. The second-order valence-corrected chi connectivity index (χ2v) is 7.12. The number of likely N-dealkylation sites (tertiary alicyclic amines) is 1. The minimum Gasteiger partial charge on any atom is -0.504 e. The Hall–Kier alpha value is -1.96. The standard InChI is InChI=1S/C19H19NO3/c1-2-8-20-9-7-19-12-4-6-15(22)18(19)23-17-14(21)5-3-11(16(17)19)10-13(12)20/h1,3-6,12-13,15,18,21-22H,7-10H2/t12-,13+,15-,18-,19-/m0/s1. The van der Waals surface area contributed by atoms with E-state index in [1.165, 1.54) is 5.56 Å². The number of ether oxygens (including phenoxy) is 1. The molecular weight excluding hydrogens is 290 g/mol. The second kappa shape index (κ2) is 4.31. The highest BCUT2D eigenvalue weighted by Crippen LogP contribution is 2.62. The van der Waals surface area contributed by atoms with E-state index >= 15 is 0 Å². The van der Waals surface area contributed by atoms with Crippen LogP contribution in [0.1, 0.15) is 17.5 Å². The van der Waals surface area contributed by atoms with Crippen molar-refractivity contribution in [1.29, 1.82) is 0 Å². The van der Waals surface area contributed by atoms with E-state index in [2.05, 4.69) is 16.9 Å². The Balaban J connectivity index is 1.76. The SMILES string of the molecule is C#CCN1CC[C@]23c4c5ccc(O)c4O[C@H]2[C@@H](O)C=C[C@H]3[C@H]1C5. The number of terminal acetylenes is 1. The molecule has 2 bridgehead atoms. The summed E-state index contributed by atoms with van der Waals surface area (Å²) in [5.74, 6) is 3.82. The minimum atomic E-state index is -0.635. The molecule has 1 fully saturated rings. The Kier molecular flexibility index (Phi) is 2.53. The smallest absolute Gasteiger partial charge is 0.165 e. The van der Waals surface area contributed by atoms with Crippen LogP contribution in [0.5, 0.6) is 11.5 Å². The molecule has 1 saturated heterocycles. The van der Waals surface area contributed by atoms with Crippen molar-refractivity contribution >= 4 is 0 Å². The Morgan fingerprint density at radius 2 is 2.26 bits per heavy atom. The highest BCUT2D eigenvalue weighted by atomic mass is 16.5. The Bertz CT molecular complexity index is 765. The summed E-state index contributed by atoms with van der Waals surface area (Å²) in [6.45, 7) is 1.56. The van der Waals surface area contributed by atoms with Gasteiger partial charge >= 0.3 is 0 Å². The zero-order chi connectivity index (χ0) is 15.8. The van der Waals surface area contributed by atoms with E-state index in [9.17, 15) is 10.2 Å². The van der Waals surface area contributed by atoms with Crippen molar-refractivity contribution in [2.45, 2.75) is 36.5 Å². The lowest BCUT2D eigenvalue weighted by atomic mass is 9.53. The van der Waals surface area contributed by atoms with Gasteiger partial charge in [0.1, 0.15) is 12.2 Å². The average Bonchev–Trinajstić information content (AvgIpc) is 2.89. The summed E-state index contributed by atoms with van der Waals surface area (Å²) in [6.07, 6.45) is 10.4. The topological polar surface area (TPSA) is 52.9 Å². The number of aromatic hydroxyl groups is 1. The molecule has 1 aromatic carbocycles. The summed E-state index contributed by atoms with van der Waals surface area (Å²) in [7, 11) is 0. The molecule has 1 spiro atoms. The molecule has 4 heteroatoms. The van der Waals surface area contributed by atoms with Crippen LogP contribution in [0.15, 0.2) is 24.3 Å². The molecule has 4 nitrogen and oxygen atoms in total. The van der Waals surface area contributed by atoms with Gasteiger partial charge in [-0.1, -0.05) is 24.1 Å². The number of phenols is 1. The third kappa shape index (κ3) is 1.45. The molecule has 5 rings (SSSR count). The molecule has 2 aliphatic carbocycles. The van der Waals surface area contributed by atoms with Gasteiger partial charge < -0.3 is 14.9 Å². The highest BCUT2D eigenvalue weighted by molar-refractivity contribution is 5.61. The molecule has 2 aliphatic heterocycles. The van der Waals surface area contributed by atoms with E-state index in [4.69, 9.17) is 11.2 Å². The van der Waals surface area contributed by atoms with Crippen molar-refractivity contribution in [3.63, 3.8) is 0 Å². The summed E-state index contributed by atoms with van der Waals surface area (Å²) < 4.78 is 6.11. The predicted octanol–water partition coefficient (Wildman–Crippen LogP) is 1.20. The summed E-state index contributed by atoms with van der Waals surface area (Å²) in [5, 5.41) is 20.8. The van der Waals surface area contributed by atoms with Gasteiger partial charge in [0.2, 0.25) is 0 Å². The fraction of sp³-hybridized carbons (Fsp3) is 0.474. The Morgan fingerprint density at radius 3 is 3.09 bits per heavy atom. The summed E-state index contributed by atoms with van der Waals surface area (Å²) in [5.41, 5.74) is 2.13. The monoisotopic (exact) mass is 309 g/mol. The number of aliphatic hydroxyl groups is 1. The second-order valence-electron chi connectivity index (χ2n) is 7.12. The van der Waals surface area contributed by atoms with Crippen LogP contribution in [-0.4, -0.2) is 46.5 Å². The molecule has 5 atom stereocenters. The number of hydrogen-bond acceptors (Lipinski definition) is 4. The van der Waals surface area contributed by atoms with Gasteiger partial charge in [0.15, 0.2) is 11.5 Å². The van der Waals surface area contributed by atoms with Crippen LogP contribution in [-0.2, 0) is 11.8 Å². The first-order valence-electron chi connectivity index (χ1n) is 8.22. The fourth-order valence-corrected chi connectivity index (χ4v) is 5.45. The van der Waals surface area contributed by atoms with Crippen LogP contribution >= 0.6 is 0 Å². The summed E-state index contributed by atoms with van der Waals surface area (Å²) in [4.78, 5) is 2.38. The van der Waals surface area contributed by atoms with Crippen molar-refractivity contribution < 1.29 is 14.9 Å². The number of hydrogen-bond donors (Lipinski definition) is 2. The van der Waals surface area contributed by atoms with Crippen molar-refractivity contribution in [1.82, 2.24) is 4.90 Å². The van der Waals surface area contributed by atoms with E-state index in [1.54, 1.807) is 6.07 Å². The number of rotatable bonds is 1. The molecule has 0 radical (unpaired) electrons. The molecule has 0 saturated carbocycles. The number of aliphatic hydroxyl groups excluding tert-OH is 1. The van der Waals surface area contributed by atoms with Crippen LogP contribution in [0.4, 0.5) is 0 Å². The maximum absolute atomic E-state index is 10.5. The number of nitrogens with zero attached hydrogens (tertiary/aromatic N) is 1. The van der Waals surface area contributed by atoms with Gasteiger partial charge in [-0.05, 0) is 24.5 Å². The van der Waals surface area contributed by atoms with Gasteiger partial charge in [-0.3, -0.25) is 4.90 Å². The maximum Gasteiger partial charge on any atom is 0.165 e. The van der Waals surface area contributed by atoms with Crippen molar-refractivity contribution in [2.24, 2.45) is 5.92 Å². The first kappa shape index (κ1) is 13.5. The largest absolute Gasteiger partial charge is 0.504 e. The number of phenolic OH excluding ortho intramolecular Hbond substituents is 1. The molecule has 0 aromatic heterocycles. The summed E-state index contributed by atoms with van der Waals surface area (Å²) >= 11 is 0. The molecule has 2 N–H and O–H groups in total. The van der Waals surface area contributed by atoms with Gasteiger partial charge in [0.25, 0.3) is 0 Å². The lowest BCUT2D eigenvalue weighted by Gasteiger charge is -2.56. The Labute approximate surface area is 135 Å². The van der Waals surface area contributed by atoms with Crippen LogP contribution in [0, 0.1) is 18.3 Å². The van der Waals surface area contributed by atoms with E-state index < -0.39 is 6.10 Å². The quantitative estimate of drug-likeness (QED) is 0.605. The third-order valence-corrected chi connectivity index (χ3v) is 6.28. The van der Waals surface area contributed by atoms with Gasteiger partial charge in [-0.25, -0.2) is 0 Å². The van der Waals surface area contributed by atoms with Crippen LogP contribution < -0.4 is 4.74 Å². The molecule has 2 heterocycles. The molecule has 4 aliphatic rings. The van der Waals surface area contributed by atoms with Crippen LogP contribution in [0.25, 0.3) is 0 Å². The van der Waals surface area contributed by atoms with Crippen molar-refractivity contribution in [2.75, 3.05) is 13.1 Å². The van der Waals surface area contributed by atoms with Gasteiger partial charge in [0, 0.05) is 29.5 Å². The molecule has 0 unspecified atom stereocenters. The van der Waals surface area contributed by atoms with Crippen LogP contribution in [0.2, 0.25) is 0 Å². The number of piperidine rings is 1. The highest BCUT2D eigenvalue weighted by Gasteiger charge is 2.64. The first-order valence-corrected chi connectivity index (χ1v) is 8.22. The van der Waals surface area contributed by atoms with E-state index in [0.717, 1.165) is 24.9 Å². The summed E-state index contributed by atoms with van der Waals surface area (Å²) in [6, 6.07) is 4.05. The average molecular weight is 309 g/mol. The molecule has 118 valence electrons. The maximum atomic E-state index is 10.5. The molecule has 23 heavy (non-hydrogen) atoms. The molecular formula is C19H19NO3. The first-order chi connectivity index (χ1) is 11.2. The van der Waals surface area contributed by atoms with Crippen LogP contribution in [0.3, 0.4) is 0 Å². The van der Waals surface area contributed by atoms with Gasteiger partial charge in [0.05, 0.1) is 6.54 Å². The minimum absolute atomic E-state index is 0.183. The van der Waals surface area contributed by atoms with E-state index in [0.29, 0.717) is 18.3 Å². The lowest BCUT2D eigenvalue weighted by Crippen LogP contribution is -2.65. The normalized spacial score (nSPS) is 39.5. The number of benzene rings is 1. The Morgan fingerprint density at radius 1 is 1.39 bits per heavy atom. The van der Waals surface area contributed by atoms with Gasteiger partial charge in [-0.2, -0.15) is 0 Å². The molecule has 0 amide bonds. The lowest BCUT2D eigenvalue weighted by molar-refractivity contribution is -0.0483. The molecule has 1 aromatic rings. The van der Waals surface area contributed by atoms with Gasteiger partial charge in [-0.15, -0.1) is 6.42 Å². The van der Waals surface area contributed by atoms with Crippen molar-refractivity contribution in [3.8, 4) is 23.8 Å². The predicted molar refractivity (Wildman–Crippen MR) is 85.4 cm³/mol. The van der Waals surface area contributed by atoms with Crippen molar-refractivity contribution in [3.05, 3.63) is 35.4 Å².